The molecule has 4 rings (SSSR count). The fourth-order valence-corrected chi connectivity index (χ4v) is 6.18. The van der Waals surface area contributed by atoms with Crippen LogP contribution in [0.1, 0.15) is 44.1 Å². The molecule has 1 aromatic rings. The SMILES string of the molecule is CC(=O)N(C[C@H]1CN(c2ccc(C3CCS(=O)(=O)CC3)c(F)c2)C(=O)O1)C(=O)OCOC(=O)O[C@H]1CCCN1. The number of hydrogen-bond donors (Lipinski definition) is 1. The van der Waals surface area contributed by atoms with Gasteiger partial charge in [-0.1, -0.05) is 6.07 Å². The van der Waals surface area contributed by atoms with E-state index in [9.17, 15) is 32.0 Å². The Balaban J connectivity index is 1.30. The average molecular weight is 572 g/mol. The molecule has 0 spiro atoms. The summed E-state index contributed by atoms with van der Waals surface area (Å²) in [5, 5.41) is 2.93. The Labute approximate surface area is 224 Å². The molecule has 3 fully saturated rings. The molecule has 214 valence electrons. The number of sulfone groups is 1. The monoisotopic (exact) mass is 571 g/mol. The minimum atomic E-state index is -3.09. The van der Waals surface area contributed by atoms with Gasteiger partial charge in [0.15, 0.2) is 6.23 Å². The van der Waals surface area contributed by atoms with Gasteiger partial charge in [0, 0.05) is 6.92 Å². The third kappa shape index (κ3) is 7.35. The van der Waals surface area contributed by atoms with Crippen molar-refractivity contribution in [2.45, 2.75) is 50.9 Å². The van der Waals surface area contributed by atoms with Gasteiger partial charge in [-0.3, -0.25) is 15.0 Å². The number of anilines is 1. The molecule has 3 aliphatic heterocycles. The lowest BCUT2D eigenvalue weighted by Gasteiger charge is -2.23. The van der Waals surface area contributed by atoms with E-state index in [1.807, 2.05) is 0 Å². The van der Waals surface area contributed by atoms with Crippen molar-refractivity contribution in [1.82, 2.24) is 10.2 Å². The van der Waals surface area contributed by atoms with E-state index in [0.29, 0.717) is 36.3 Å². The first-order valence-electron chi connectivity index (χ1n) is 12.5. The fourth-order valence-electron chi connectivity index (χ4n) is 4.69. The summed E-state index contributed by atoms with van der Waals surface area (Å²) in [5.74, 6) is -1.49. The van der Waals surface area contributed by atoms with Crippen molar-refractivity contribution in [2.75, 3.05) is 42.8 Å². The molecule has 0 saturated carbocycles. The van der Waals surface area contributed by atoms with Crippen LogP contribution in [0.25, 0.3) is 0 Å². The molecule has 13 nitrogen and oxygen atoms in total. The highest BCUT2D eigenvalue weighted by Gasteiger charge is 2.37. The minimum absolute atomic E-state index is 0.00221. The third-order valence-corrected chi connectivity index (χ3v) is 8.48. The highest BCUT2D eigenvalue weighted by molar-refractivity contribution is 7.91. The van der Waals surface area contributed by atoms with Gasteiger partial charge in [-0.2, -0.15) is 0 Å². The first-order chi connectivity index (χ1) is 18.5. The molecular weight excluding hydrogens is 541 g/mol. The van der Waals surface area contributed by atoms with Crippen molar-refractivity contribution < 1.29 is 50.9 Å². The lowest BCUT2D eigenvalue weighted by atomic mass is 9.93. The van der Waals surface area contributed by atoms with Crippen LogP contribution in [0.3, 0.4) is 0 Å². The van der Waals surface area contributed by atoms with Crippen molar-refractivity contribution in [3.05, 3.63) is 29.6 Å². The zero-order chi connectivity index (χ0) is 28.2. The Bertz CT molecular complexity index is 1210. The molecule has 15 heteroatoms. The van der Waals surface area contributed by atoms with Gasteiger partial charge >= 0.3 is 18.3 Å². The summed E-state index contributed by atoms with van der Waals surface area (Å²) in [6, 6.07) is 4.25. The van der Waals surface area contributed by atoms with Crippen LogP contribution in [0.5, 0.6) is 0 Å². The summed E-state index contributed by atoms with van der Waals surface area (Å²) in [6.07, 6.45) is -2.22. The fraction of sp³-hybridized carbons (Fsp3) is 0.583. The van der Waals surface area contributed by atoms with E-state index in [0.717, 1.165) is 13.3 Å². The number of ether oxygens (including phenoxy) is 4. The third-order valence-electron chi connectivity index (χ3n) is 6.76. The summed E-state index contributed by atoms with van der Waals surface area (Å²) >= 11 is 0. The van der Waals surface area contributed by atoms with Gasteiger partial charge in [-0.25, -0.2) is 32.1 Å². The highest BCUT2D eigenvalue weighted by atomic mass is 32.2. The van der Waals surface area contributed by atoms with Gasteiger partial charge in [0.05, 0.1) is 30.3 Å². The Morgan fingerprint density at radius 3 is 2.56 bits per heavy atom. The van der Waals surface area contributed by atoms with E-state index in [1.165, 1.54) is 17.0 Å². The van der Waals surface area contributed by atoms with E-state index >= 15 is 0 Å². The molecule has 0 radical (unpaired) electrons. The van der Waals surface area contributed by atoms with Crippen LogP contribution in [0.2, 0.25) is 0 Å². The van der Waals surface area contributed by atoms with Crippen molar-refractivity contribution in [3.63, 3.8) is 0 Å². The number of carbonyl (C=O) groups excluding carboxylic acids is 4. The smallest absolute Gasteiger partial charge is 0.442 e. The summed E-state index contributed by atoms with van der Waals surface area (Å²) in [6.45, 7) is 0.612. The molecule has 0 unspecified atom stereocenters. The maximum absolute atomic E-state index is 14.9. The molecule has 3 aliphatic rings. The lowest BCUT2D eigenvalue weighted by molar-refractivity contribution is -0.129. The number of halogens is 1. The second-order valence-electron chi connectivity index (χ2n) is 9.50. The molecule has 0 aromatic heterocycles. The first kappa shape index (κ1) is 28.5. The van der Waals surface area contributed by atoms with Crippen molar-refractivity contribution in [1.29, 1.82) is 0 Å². The summed E-state index contributed by atoms with van der Waals surface area (Å²) in [7, 11) is -3.09. The van der Waals surface area contributed by atoms with E-state index in [4.69, 9.17) is 18.9 Å². The Morgan fingerprint density at radius 1 is 1.18 bits per heavy atom. The topological polar surface area (TPSA) is 158 Å². The standard InChI is InChI=1S/C24H30FN3O10S/c1-15(29)27(22(30)35-14-36-24(32)38-21-3-2-8-26-21)12-18-13-28(23(31)37-18)17-4-5-19(20(25)11-17)16-6-9-39(33,34)10-7-16/h4-5,11,16,18,21,26H,2-3,6-10,12-14H2,1H3/t18-,21-/m0/s1. The summed E-state index contributed by atoms with van der Waals surface area (Å²) in [5.41, 5.74) is 0.599. The van der Waals surface area contributed by atoms with Crippen LogP contribution in [-0.2, 0) is 33.6 Å². The van der Waals surface area contributed by atoms with Crippen molar-refractivity contribution in [3.8, 4) is 0 Å². The van der Waals surface area contributed by atoms with Gasteiger partial charge in [0.25, 0.3) is 0 Å². The van der Waals surface area contributed by atoms with Crippen LogP contribution in [0, 0.1) is 5.82 Å². The Morgan fingerprint density at radius 2 is 1.92 bits per heavy atom. The molecule has 3 saturated heterocycles. The zero-order valence-electron chi connectivity index (χ0n) is 21.3. The highest BCUT2D eigenvalue weighted by Crippen LogP contribution is 2.33. The molecule has 2 atom stereocenters. The normalized spacial score (nSPS) is 22.7. The Kier molecular flexibility index (Phi) is 8.90. The van der Waals surface area contributed by atoms with Gasteiger partial charge in [-0.05, 0) is 55.8 Å². The number of hydrogen-bond acceptors (Lipinski definition) is 11. The van der Waals surface area contributed by atoms with Crippen molar-refractivity contribution >= 4 is 39.8 Å². The van der Waals surface area contributed by atoms with Crippen LogP contribution < -0.4 is 10.2 Å². The number of rotatable bonds is 7. The molecule has 3 heterocycles. The number of nitrogens with zero attached hydrogens (tertiary/aromatic N) is 2. The minimum Gasteiger partial charge on any atom is -0.442 e. The average Bonchev–Trinajstić information content (AvgIpc) is 3.51. The number of carbonyl (C=O) groups is 4. The number of cyclic esters (lactones) is 1. The maximum Gasteiger partial charge on any atom is 0.512 e. The molecule has 0 bridgehead atoms. The van der Waals surface area contributed by atoms with E-state index in [2.05, 4.69) is 5.32 Å². The second-order valence-corrected chi connectivity index (χ2v) is 11.8. The summed E-state index contributed by atoms with van der Waals surface area (Å²) in [4.78, 5) is 50.5. The van der Waals surface area contributed by atoms with Gasteiger partial charge in [-0.15, -0.1) is 0 Å². The predicted molar refractivity (Wildman–Crippen MR) is 132 cm³/mol. The number of imide groups is 1. The van der Waals surface area contributed by atoms with Crippen LogP contribution in [0.15, 0.2) is 18.2 Å². The lowest BCUT2D eigenvalue weighted by Crippen LogP contribution is -2.42. The van der Waals surface area contributed by atoms with Crippen LogP contribution in [0.4, 0.5) is 24.5 Å². The van der Waals surface area contributed by atoms with E-state index in [-0.39, 0.29) is 36.2 Å². The quantitative estimate of drug-likeness (QED) is 0.291. The van der Waals surface area contributed by atoms with E-state index < -0.39 is 59.0 Å². The van der Waals surface area contributed by atoms with Crippen LogP contribution in [-0.4, -0.2) is 87.8 Å². The molecule has 1 N–H and O–H groups in total. The molecule has 1 aromatic carbocycles. The largest absolute Gasteiger partial charge is 0.512 e. The van der Waals surface area contributed by atoms with Gasteiger partial charge < -0.3 is 18.9 Å². The maximum atomic E-state index is 14.9. The van der Waals surface area contributed by atoms with Gasteiger partial charge in [0.1, 0.15) is 21.8 Å². The van der Waals surface area contributed by atoms with Crippen molar-refractivity contribution in [2.24, 2.45) is 0 Å². The predicted octanol–water partition coefficient (Wildman–Crippen LogP) is 2.25. The summed E-state index contributed by atoms with van der Waals surface area (Å²) < 4.78 is 58.0. The second kappa shape index (κ2) is 12.2. The molecule has 39 heavy (non-hydrogen) atoms. The Hall–Kier alpha value is -3.46. The van der Waals surface area contributed by atoms with Gasteiger partial charge in [0.2, 0.25) is 12.7 Å². The number of benzene rings is 1. The van der Waals surface area contributed by atoms with E-state index in [1.54, 1.807) is 6.07 Å². The number of nitrogens with one attached hydrogen (secondary N) is 1. The molecule has 3 amide bonds. The zero-order valence-corrected chi connectivity index (χ0v) is 22.1. The first-order valence-corrected chi connectivity index (χ1v) is 14.3. The number of amides is 3. The molecule has 0 aliphatic carbocycles. The molecular formula is C24H30FN3O10S. The van der Waals surface area contributed by atoms with Crippen LogP contribution >= 0.6 is 0 Å².